The number of hydrogen-bond donors (Lipinski definition) is 0. The second-order valence-electron chi connectivity index (χ2n) is 11.5. The summed E-state index contributed by atoms with van der Waals surface area (Å²) in [5, 5.41) is 2.47. The standard InChI is InChI=1S/C31H37NS/c1-30(2,3)24-18-23(19-25(21-24)31(4,5)6)29-28-15-14-27(20-22(28)16-17-32-29)33(7,8)26-12-10-9-11-13-26/h9-21H,1-8H3. The van der Waals surface area contributed by atoms with Gasteiger partial charge in [0.2, 0.25) is 0 Å². The summed E-state index contributed by atoms with van der Waals surface area (Å²) >= 11 is 0. The van der Waals surface area contributed by atoms with Crippen LogP contribution in [0.3, 0.4) is 0 Å². The van der Waals surface area contributed by atoms with Gasteiger partial charge in [-0.15, -0.1) is 0 Å². The van der Waals surface area contributed by atoms with E-state index < -0.39 is 10.0 Å². The van der Waals surface area contributed by atoms with Crippen LogP contribution in [0.4, 0.5) is 0 Å². The summed E-state index contributed by atoms with van der Waals surface area (Å²) in [6.45, 7) is 13.7. The van der Waals surface area contributed by atoms with Crippen molar-refractivity contribution in [3.63, 3.8) is 0 Å². The normalized spacial score (nSPS) is 13.3. The van der Waals surface area contributed by atoms with Gasteiger partial charge in [-0.1, -0.05) is 71.9 Å². The molecule has 1 nitrogen and oxygen atoms in total. The maximum atomic E-state index is 4.88. The van der Waals surface area contributed by atoms with E-state index >= 15 is 0 Å². The van der Waals surface area contributed by atoms with Crippen LogP contribution in [0.25, 0.3) is 22.0 Å². The SMILES string of the molecule is CC(C)(C)c1cc(-c2nccc3cc(S(C)(C)c4ccccc4)ccc23)cc(C(C)(C)C)c1. The van der Waals surface area contributed by atoms with Crippen molar-refractivity contribution < 1.29 is 0 Å². The van der Waals surface area contributed by atoms with Gasteiger partial charge in [-0.2, -0.15) is 10.0 Å². The van der Waals surface area contributed by atoms with Gasteiger partial charge in [0.25, 0.3) is 0 Å². The van der Waals surface area contributed by atoms with Crippen molar-refractivity contribution in [2.75, 3.05) is 12.5 Å². The molecule has 0 unspecified atom stereocenters. The van der Waals surface area contributed by atoms with Crippen molar-refractivity contribution in [3.8, 4) is 11.3 Å². The largest absolute Gasteiger partial charge is 0.256 e. The molecular formula is C31H37NS. The molecule has 172 valence electrons. The molecule has 1 heterocycles. The molecule has 0 amide bonds. The van der Waals surface area contributed by atoms with Crippen LogP contribution in [0.1, 0.15) is 52.7 Å². The Morgan fingerprint density at radius 3 is 1.82 bits per heavy atom. The number of rotatable bonds is 3. The molecule has 33 heavy (non-hydrogen) atoms. The fraction of sp³-hybridized carbons (Fsp3) is 0.323. The Morgan fingerprint density at radius 2 is 1.24 bits per heavy atom. The lowest BCUT2D eigenvalue weighted by Gasteiger charge is -2.32. The van der Waals surface area contributed by atoms with Crippen LogP contribution in [-0.2, 0) is 10.8 Å². The summed E-state index contributed by atoms with van der Waals surface area (Å²) in [6, 6.07) is 27.1. The molecule has 0 saturated heterocycles. The van der Waals surface area contributed by atoms with Crippen LogP contribution in [0.5, 0.6) is 0 Å². The zero-order valence-corrected chi connectivity index (χ0v) is 22.2. The fourth-order valence-corrected chi connectivity index (χ4v) is 6.17. The summed E-state index contributed by atoms with van der Waals surface area (Å²) in [4.78, 5) is 7.69. The molecule has 0 radical (unpaired) electrons. The Balaban J connectivity index is 1.88. The Labute approximate surface area is 201 Å². The van der Waals surface area contributed by atoms with E-state index in [0.29, 0.717) is 0 Å². The van der Waals surface area contributed by atoms with Gasteiger partial charge in [0.15, 0.2) is 0 Å². The van der Waals surface area contributed by atoms with Crippen molar-refractivity contribution in [1.29, 1.82) is 0 Å². The summed E-state index contributed by atoms with van der Waals surface area (Å²) in [5.41, 5.74) is 5.15. The summed E-state index contributed by atoms with van der Waals surface area (Å²) in [6.07, 6.45) is 6.73. The van der Waals surface area contributed by atoms with E-state index in [1.807, 2.05) is 6.20 Å². The Bertz CT molecular complexity index is 1260. The van der Waals surface area contributed by atoms with Crippen LogP contribution >= 0.6 is 10.0 Å². The predicted molar refractivity (Wildman–Crippen MR) is 147 cm³/mol. The van der Waals surface area contributed by atoms with E-state index in [1.54, 1.807) is 0 Å². The number of aromatic nitrogens is 1. The Morgan fingerprint density at radius 1 is 0.636 bits per heavy atom. The zero-order valence-electron chi connectivity index (χ0n) is 21.4. The van der Waals surface area contributed by atoms with Crippen LogP contribution in [0.2, 0.25) is 0 Å². The lowest BCUT2D eigenvalue weighted by atomic mass is 9.79. The zero-order chi connectivity index (χ0) is 24.0. The van der Waals surface area contributed by atoms with Crippen LogP contribution in [-0.4, -0.2) is 17.5 Å². The van der Waals surface area contributed by atoms with E-state index in [0.717, 1.165) is 5.69 Å². The van der Waals surface area contributed by atoms with Gasteiger partial charge < -0.3 is 0 Å². The molecule has 0 aliphatic heterocycles. The van der Waals surface area contributed by atoms with E-state index in [2.05, 4.69) is 127 Å². The highest BCUT2D eigenvalue weighted by atomic mass is 32.3. The number of hydrogen-bond acceptors (Lipinski definition) is 1. The lowest BCUT2D eigenvalue weighted by Crippen LogP contribution is -2.16. The second kappa shape index (κ2) is 8.33. The molecule has 2 heteroatoms. The number of benzene rings is 3. The molecule has 3 aromatic carbocycles. The molecule has 0 aliphatic rings. The first-order chi connectivity index (χ1) is 15.4. The third-order valence-electron chi connectivity index (χ3n) is 6.60. The van der Waals surface area contributed by atoms with Gasteiger partial charge in [-0.25, -0.2) is 0 Å². The first-order valence-corrected chi connectivity index (χ1v) is 14.2. The van der Waals surface area contributed by atoms with Crippen molar-refractivity contribution in [1.82, 2.24) is 4.98 Å². The van der Waals surface area contributed by atoms with E-state index in [9.17, 15) is 0 Å². The molecule has 0 aliphatic carbocycles. The molecular weight excluding hydrogens is 418 g/mol. The minimum atomic E-state index is -1.08. The summed E-state index contributed by atoms with van der Waals surface area (Å²) in [5.74, 6) is 0. The van der Waals surface area contributed by atoms with Crippen molar-refractivity contribution in [3.05, 3.63) is 90.1 Å². The average molecular weight is 456 g/mol. The van der Waals surface area contributed by atoms with Crippen LogP contribution in [0, 0.1) is 0 Å². The summed E-state index contributed by atoms with van der Waals surface area (Å²) in [7, 11) is -1.08. The minimum absolute atomic E-state index is 0.0802. The predicted octanol–water partition coefficient (Wildman–Crippen LogP) is 8.98. The van der Waals surface area contributed by atoms with E-state index in [-0.39, 0.29) is 10.8 Å². The van der Waals surface area contributed by atoms with Gasteiger partial charge in [-0.05, 0) is 92.1 Å². The van der Waals surface area contributed by atoms with Gasteiger partial charge >= 0.3 is 0 Å². The first-order valence-electron chi connectivity index (χ1n) is 11.7. The lowest BCUT2D eigenvalue weighted by molar-refractivity contribution is 0.569. The maximum absolute atomic E-state index is 4.88. The van der Waals surface area contributed by atoms with Gasteiger partial charge in [-0.3, -0.25) is 4.98 Å². The fourth-order valence-electron chi connectivity index (χ4n) is 4.23. The minimum Gasteiger partial charge on any atom is -0.256 e. The average Bonchev–Trinajstić information content (AvgIpc) is 2.77. The second-order valence-corrected chi connectivity index (χ2v) is 15.1. The van der Waals surface area contributed by atoms with Gasteiger partial charge in [0, 0.05) is 17.1 Å². The highest BCUT2D eigenvalue weighted by Crippen LogP contribution is 2.56. The first kappa shape index (κ1) is 23.6. The Kier molecular flexibility index (Phi) is 5.95. The Hall–Kier alpha value is -2.58. The number of fused-ring (bicyclic) bond motifs is 1. The number of pyridine rings is 1. The monoisotopic (exact) mass is 455 g/mol. The van der Waals surface area contributed by atoms with E-state index in [4.69, 9.17) is 4.98 Å². The van der Waals surface area contributed by atoms with E-state index in [1.165, 1.54) is 37.3 Å². The molecule has 1 aromatic heterocycles. The maximum Gasteiger partial charge on any atom is 0.0780 e. The van der Waals surface area contributed by atoms with Crippen molar-refractivity contribution in [2.24, 2.45) is 0 Å². The highest BCUT2D eigenvalue weighted by Gasteiger charge is 2.22. The molecule has 0 spiro atoms. The molecule has 0 fully saturated rings. The van der Waals surface area contributed by atoms with Crippen molar-refractivity contribution >= 4 is 20.8 Å². The number of nitrogens with zero attached hydrogens (tertiary/aromatic N) is 1. The topological polar surface area (TPSA) is 12.9 Å². The third-order valence-corrected chi connectivity index (χ3v) is 9.48. The van der Waals surface area contributed by atoms with Gasteiger partial charge in [0.05, 0.1) is 5.69 Å². The molecule has 0 N–H and O–H groups in total. The smallest absolute Gasteiger partial charge is 0.0780 e. The summed E-state index contributed by atoms with van der Waals surface area (Å²) < 4.78 is 0. The molecule has 0 bridgehead atoms. The quantitative estimate of drug-likeness (QED) is 0.300. The molecule has 0 saturated carbocycles. The molecule has 0 atom stereocenters. The molecule has 4 aromatic rings. The van der Waals surface area contributed by atoms with Crippen LogP contribution < -0.4 is 0 Å². The highest BCUT2D eigenvalue weighted by molar-refractivity contribution is 8.32. The van der Waals surface area contributed by atoms with Gasteiger partial charge in [0.1, 0.15) is 0 Å². The molecule has 4 rings (SSSR count). The van der Waals surface area contributed by atoms with Crippen molar-refractivity contribution in [2.45, 2.75) is 62.2 Å². The van der Waals surface area contributed by atoms with Crippen LogP contribution in [0.15, 0.2) is 88.8 Å². The third kappa shape index (κ3) is 4.73.